The number of carbonyl (C=O) groups is 1. The van der Waals surface area contributed by atoms with E-state index in [0.29, 0.717) is 5.13 Å². The largest absolute Gasteiger partial charge is 0.298 e. The minimum atomic E-state index is -3.78. The summed E-state index contributed by atoms with van der Waals surface area (Å²) in [6, 6.07) is 8.92. The Morgan fingerprint density at radius 1 is 1.23 bits per heavy atom. The van der Waals surface area contributed by atoms with Crippen molar-refractivity contribution >= 4 is 48.1 Å². The highest BCUT2D eigenvalue weighted by Crippen LogP contribution is 2.28. The van der Waals surface area contributed by atoms with Gasteiger partial charge in [-0.05, 0) is 36.8 Å². The van der Waals surface area contributed by atoms with Crippen LogP contribution in [0.4, 0.5) is 10.8 Å². The Morgan fingerprint density at radius 3 is 2.62 bits per heavy atom. The van der Waals surface area contributed by atoms with Crippen molar-refractivity contribution in [1.29, 1.82) is 0 Å². The number of hydrogen-bond acceptors (Lipinski definition) is 7. The molecule has 3 rings (SSSR count). The Kier molecular flexibility index (Phi) is 4.46. The number of hydrogen-bond donors (Lipinski definition) is 1. The van der Waals surface area contributed by atoms with Crippen LogP contribution < -0.4 is 5.32 Å². The molecule has 3 aromatic rings. The van der Waals surface area contributed by atoms with Crippen LogP contribution in [0, 0.1) is 17.0 Å². The molecule has 0 radical (unpaired) electrons. The van der Waals surface area contributed by atoms with E-state index in [-0.39, 0.29) is 5.56 Å². The molecule has 0 aliphatic carbocycles. The quantitative estimate of drug-likeness (QED) is 0.539. The van der Waals surface area contributed by atoms with E-state index in [9.17, 15) is 23.3 Å². The number of sulfone groups is 1. The Bertz CT molecular complexity index is 1150. The summed E-state index contributed by atoms with van der Waals surface area (Å²) in [5.41, 5.74) is 1.12. The highest BCUT2D eigenvalue weighted by atomic mass is 32.2. The zero-order chi connectivity index (χ0) is 19.1. The molecule has 26 heavy (non-hydrogen) atoms. The van der Waals surface area contributed by atoms with E-state index in [1.165, 1.54) is 17.4 Å². The first-order valence-corrected chi connectivity index (χ1v) is 10.0. The van der Waals surface area contributed by atoms with Gasteiger partial charge in [-0.25, -0.2) is 13.4 Å². The van der Waals surface area contributed by atoms with Crippen molar-refractivity contribution in [3.05, 3.63) is 57.6 Å². The van der Waals surface area contributed by atoms with Crippen LogP contribution >= 0.6 is 11.3 Å². The van der Waals surface area contributed by atoms with Gasteiger partial charge in [-0.3, -0.25) is 20.2 Å². The lowest BCUT2D eigenvalue weighted by Crippen LogP contribution is -2.13. The number of nitro benzene ring substituents is 1. The van der Waals surface area contributed by atoms with Crippen LogP contribution in [0.2, 0.25) is 0 Å². The summed E-state index contributed by atoms with van der Waals surface area (Å²) in [6.45, 7) is 1.94. The van der Waals surface area contributed by atoms with E-state index in [0.717, 1.165) is 34.2 Å². The second kappa shape index (κ2) is 6.46. The molecule has 10 heteroatoms. The van der Waals surface area contributed by atoms with Gasteiger partial charge in [0.25, 0.3) is 11.6 Å². The van der Waals surface area contributed by atoms with Crippen molar-refractivity contribution in [2.24, 2.45) is 0 Å². The number of nitro groups is 1. The van der Waals surface area contributed by atoms with Crippen LogP contribution in [0.25, 0.3) is 10.2 Å². The van der Waals surface area contributed by atoms with Crippen molar-refractivity contribution in [3.63, 3.8) is 0 Å². The molecular weight excluding hydrogens is 378 g/mol. The summed E-state index contributed by atoms with van der Waals surface area (Å²) in [7, 11) is -3.78. The fourth-order valence-corrected chi connectivity index (χ4v) is 4.16. The minimum Gasteiger partial charge on any atom is -0.298 e. The molecule has 134 valence electrons. The average Bonchev–Trinajstić information content (AvgIpc) is 2.94. The number of fused-ring (bicyclic) bond motifs is 1. The van der Waals surface area contributed by atoms with E-state index in [4.69, 9.17) is 0 Å². The molecule has 1 N–H and O–H groups in total. The molecule has 2 aromatic carbocycles. The molecule has 0 unspecified atom stereocenters. The molecule has 1 heterocycles. The molecular formula is C16H13N3O5S2. The fourth-order valence-electron chi connectivity index (χ4n) is 2.37. The third-order valence-electron chi connectivity index (χ3n) is 3.58. The summed E-state index contributed by atoms with van der Waals surface area (Å²) >= 11 is 1.28. The van der Waals surface area contributed by atoms with E-state index < -0.39 is 31.3 Å². The Balaban J connectivity index is 1.94. The van der Waals surface area contributed by atoms with E-state index in [2.05, 4.69) is 10.3 Å². The maximum Gasteiger partial charge on any atom is 0.288 e. The number of amides is 1. The van der Waals surface area contributed by atoms with Crippen LogP contribution in [0.3, 0.4) is 0 Å². The molecule has 1 amide bonds. The smallest absolute Gasteiger partial charge is 0.288 e. The van der Waals surface area contributed by atoms with Crippen LogP contribution in [-0.2, 0) is 9.84 Å². The summed E-state index contributed by atoms with van der Waals surface area (Å²) in [6.07, 6.45) is 0.873. The number of nitrogens with zero attached hydrogens (tertiary/aromatic N) is 2. The molecule has 0 saturated heterocycles. The highest BCUT2D eigenvalue weighted by molar-refractivity contribution is 7.90. The van der Waals surface area contributed by atoms with Crippen molar-refractivity contribution in [2.45, 2.75) is 11.8 Å². The standard InChI is InChI=1S/C16H13N3O5S2/c1-9-3-5-11-13(7-9)25-16(17-11)18-15(20)10-4-6-14(26(2,23)24)12(8-10)19(21)22/h3-8H,1-2H3,(H,17,18,20). The van der Waals surface area contributed by atoms with E-state index in [1.54, 1.807) is 0 Å². The van der Waals surface area contributed by atoms with Crippen molar-refractivity contribution in [1.82, 2.24) is 4.98 Å². The Morgan fingerprint density at radius 2 is 1.96 bits per heavy atom. The van der Waals surface area contributed by atoms with Crippen LogP contribution in [0.5, 0.6) is 0 Å². The van der Waals surface area contributed by atoms with E-state index in [1.807, 2.05) is 25.1 Å². The van der Waals surface area contributed by atoms with Gasteiger partial charge >= 0.3 is 0 Å². The van der Waals surface area contributed by atoms with Crippen molar-refractivity contribution in [2.75, 3.05) is 11.6 Å². The predicted molar refractivity (Wildman–Crippen MR) is 98.5 cm³/mol. The van der Waals surface area contributed by atoms with Gasteiger partial charge < -0.3 is 0 Å². The molecule has 0 fully saturated rings. The van der Waals surface area contributed by atoms with Gasteiger partial charge in [0.15, 0.2) is 15.0 Å². The molecule has 0 spiro atoms. The number of rotatable bonds is 4. The maximum atomic E-state index is 12.4. The van der Waals surface area contributed by atoms with Gasteiger partial charge in [-0.2, -0.15) is 0 Å². The molecule has 0 aliphatic rings. The Hall–Kier alpha value is -2.85. The number of aryl methyl sites for hydroxylation is 1. The first kappa shape index (κ1) is 18.0. The zero-order valence-electron chi connectivity index (χ0n) is 13.7. The Labute approximate surface area is 152 Å². The lowest BCUT2D eigenvalue weighted by atomic mass is 10.2. The number of carbonyl (C=O) groups excluding carboxylic acids is 1. The monoisotopic (exact) mass is 391 g/mol. The van der Waals surface area contributed by atoms with Crippen LogP contribution in [0.15, 0.2) is 41.3 Å². The molecule has 1 aromatic heterocycles. The highest BCUT2D eigenvalue weighted by Gasteiger charge is 2.24. The number of anilines is 1. The molecule has 8 nitrogen and oxygen atoms in total. The first-order valence-electron chi connectivity index (χ1n) is 7.32. The van der Waals surface area contributed by atoms with Gasteiger partial charge in [0.2, 0.25) is 0 Å². The number of aromatic nitrogens is 1. The maximum absolute atomic E-state index is 12.4. The summed E-state index contributed by atoms with van der Waals surface area (Å²) in [5.74, 6) is -0.607. The second-order valence-corrected chi connectivity index (χ2v) is 8.67. The molecule has 0 aliphatic heterocycles. The summed E-state index contributed by atoms with van der Waals surface area (Å²) < 4.78 is 24.2. The zero-order valence-corrected chi connectivity index (χ0v) is 15.3. The number of thiazole rings is 1. The average molecular weight is 391 g/mol. The lowest BCUT2D eigenvalue weighted by molar-refractivity contribution is -0.387. The number of benzene rings is 2. The molecule has 0 saturated carbocycles. The van der Waals surface area contributed by atoms with Crippen molar-refractivity contribution in [3.8, 4) is 0 Å². The van der Waals surface area contributed by atoms with Gasteiger partial charge in [0.1, 0.15) is 4.90 Å². The van der Waals surface area contributed by atoms with Gasteiger partial charge in [-0.15, -0.1) is 0 Å². The minimum absolute atomic E-state index is 0.0282. The third kappa shape index (κ3) is 3.55. The molecule has 0 bridgehead atoms. The summed E-state index contributed by atoms with van der Waals surface area (Å²) in [5, 5.41) is 14.1. The van der Waals surface area contributed by atoms with Crippen molar-refractivity contribution < 1.29 is 18.1 Å². The normalized spacial score (nSPS) is 11.5. The molecule has 0 atom stereocenters. The van der Waals surface area contributed by atoms with Gasteiger partial charge in [-0.1, -0.05) is 17.4 Å². The van der Waals surface area contributed by atoms with Gasteiger partial charge in [0, 0.05) is 17.9 Å². The van der Waals surface area contributed by atoms with E-state index >= 15 is 0 Å². The van der Waals surface area contributed by atoms with Crippen LogP contribution in [0.1, 0.15) is 15.9 Å². The third-order valence-corrected chi connectivity index (χ3v) is 5.66. The lowest BCUT2D eigenvalue weighted by Gasteiger charge is -2.04. The van der Waals surface area contributed by atoms with Gasteiger partial charge in [0.05, 0.1) is 15.1 Å². The predicted octanol–water partition coefficient (Wildman–Crippen LogP) is 3.17. The fraction of sp³-hybridized carbons (Fsp3) is 0.125. The van der Waals surface area contributed by atoms with Crippen LogP contribution in [-0.4, -0.2) is 30.5 Å². The second-order valence-electron chi connectivity index (χ2n) is 5.66. The SMILES string of the molecule is Cc1ccc2nc(NC(=O)c3ccc(S(C)(=O)=O)c([N+](=O)[O-])c3)sc2c1. The summed E-state index contributed by atoms with van der Waals surface area (Å²) in [4.78, 5) is 26.6. The topological polar surface area (TPSA) is 119 Å². The number of nitrogens with one attached hydrogen (secondary N) is 1. The first-order chi connectivity index (χ1) is 12.1.